The lowest BCUT2D eigenvalue weighted by Crippen LogP contribution is -2.26. The molecule has 1 atom stereocenters. The summed E-state index contributed by atoms with van der Waals surface area (Å²) < 4.78 is 2.89. The molecule has 1 aliphatic rings. The van der Waals surface area contributed by atoms with Gasteiger partial charge in [-0.05, 0) is 59.6 Å². The molecule has 6 nitrogen and oxygen atoms in total. The van der Waals surface area contributed by atoms with Gasteiger partial charge in [0.2, 0.25) is 0 Å². The number of rotatable bonds is 4. The Morgan fingerprint density at radius 3 is 2.89 bits per heavy atom. The van der Waals surface area contributed by atoms with Crippen LogP contribution in [-0.2, 0) is 0 Å². The van der Waals surface area contributed by atoms with Gasteiger partial charge in [-0.1, -0.05) is 18.2 Å². The van der Waals surface area contributed by atoms with Crippen molar-refractivity contribution >= 4 is 43.6 Å². The maximum Gasteiger partial charge on any atom is 0.259 e. The number of fused-ring (bicyclic) bond motifs is 2. The molecule has 142 valence electrons. The number of hydrogen-bond acceptors (Lipinski definition) is 4. The SMILES string of the molecule is Cc1cccc2cc(C(C)Nc3ncnc4[nH]cc(Br)c34)n(C3CC3)c(=O)c12. The fourth-order valence-corrected chi connectivity index (χ4v) is 4.42. The quantitative estimate of drug-likeness (QED) is 0.478. The van der Waals surface area contributed by atoms with E-state index in [0.29, 0.717) is 6.04 Å². The van der Waals surface area contributed by atoms with Crippen LogP contribution < -0.4 is 10.9 Å². The highest BCUT2D eigenvalue weighted by atomic mass is 79.9. The number of nitrogens with zero attached hydrogens (tertiary/aromatic N) is 3. The van der Waals surface area contributed by atoms with Crippen LogP contribution in [0.1, 0.15) is 43.1 Å². The predicted octanol–water partition coefficient (Wildman–Crippen LogP) is 4.85. The first-order chi connectivity index (χ1) is 13.5. The maximum atomic E-state index is 13.3. The number of hydrogen-bond donors (Lipinski definition) is 2. The second kappa shape index (κ2) is 6.44. The van der Waals surface area contributed by atoms with Crippen molar-refractivity contribution in [1.29, 1.82) is 0 Å². The standard InChI is InChI=1S/C21H20BrN5O/c1-11-4-3-5-13-8-16(27(14-6-7-14)21(28)17(11)13)12(2)26-20-18-15(22)9-23-19(18)24-10-25-20/h3-5,8-10,12,14H,6-7H2,1-2H3,(H2,23,24,25,26). The number of H-pyrrole nitrogens is 1. The monoisotopic (exact) mass is 437 g/mol. The molecule has 1 fully saturated rings. The Morgan fingerprint density at radius 1 is 1.29 bits per heavy atom. The minimum absolute atomic E-state index is 0.0851. The highest BCUT2D eigenvalue weighted by Gasteiger charge is 2.29. The molecule has 0 radical (unpaired) electrons. The van der Waals surface area contributed by atoms with Gasteiger partial charge in [-0.15, -0.1) is 0 Å². The van der Waals surface area contributed by atoms with E-state index in [1.807, 2.05) is 35.9 Å². The fraction of sp³-hybridized carbons (Fsp3) is 0.286. The summed E-state index contributed by atoms with van der Waals surface area (Å²) in [4.78, 5) is 25.2. The third-order valence-corrected chi connectivity index (χ3v) is 6.08. The van der Waals surface area contributed by atoms with Crippen LogP contribution >= 0.6 is 15.9 Å². The highest BCUT2D eigenvalue weighted by molar-refractivity contribution is 9.10. The summed E-state index contributed by atoms with van der Waals surface area (Å²) >= 11 is 3.56. The van der Waals surface area contributed by atoms with Crippen LogP contribution in [0.2, 0.25) is 0 Å². The Kier molecular flexibility index (Phi) is 4.01. The topological polar surface area (TPSA) is 75.6 Å². The lowest BCUT2D eigenvalue weighted by Gasteiger charge is -2.22. The minimum Gasteiger partial charge on any atom is -0.361 e. The van der Waals surface area contributed by atoms with Crippen molar-refractivity contribution in [3.8, 4) is 0 Å². The summed E-state index contributed by atoms with van der Waals surface area (Å²) in [5.74, 6) is 0.741. The van der Waals surface area contributed by atoms with E-state index in [1.165, 1.54) is 6.33 Å². The summed E-state index contributed by atoms with van der Waals surface area (Å²) in [5, 5.41) is 6.22. The van der Waals surface area contributed by atoms with Crippen LogP contribution in [0.25, 0.3) is 21.8 Å². The van der Waals surface area contributed by atoms with Gasteiger partial charge in [0.05, 0.1) is 16.8 Å². The van der Waals surface area contributed by atoms with Gasteiger partial charge in [0.15, 0.2) is 0 Å². The van der Waals surface area contributed by atoms with Crippen molar-refractivity contribution in [2.45, 2.75) is 38.8 Å². The Hall–Kier alpha value is -2.67. The molecule has 1 aliphatic carbocycles. The molecule has 0 amide bonds. The Morgan fingerprint density at radius 2 is 2.11 bits per heavy atom. The van der Waals surface area contributed by atoms with Crippen molar-refractivity contribution in [2.24, 2.45) is 0 Å². The van der Waals surface area contributed by atoms with E-state index in [1.54, 1.807) is 0 Å². The molecule has 2 N–H and O–H groups in total. The van der Waals surface area contributed by atoms with Gasteiger partial charge in [0, 0.05) is 22.4 Å². The maximum absolute atomic E-state index is 13.3. The number of aromatic nitrogens is 4. The van der Waals surface area contributed by atoms with E-state index in [2.05, 4.69) is 49.2 Å². The summed E-state index contributed by atoms with van der Waals surface area (Å²) in [6.45, 7) is 4.08. The second-order valence-electron chi connectivity index (χ2n) is 7.46. The molecule has 0 aliphatic heterocycles. The normalized spacial score (nSPS) is 15.2. The van der Waals surface area contributed by atoms with Gasteiger partial charge in [-0.2, -0.15) is 0 Å². The first-order valence-electron chi connectivity index (χ1n) is 9.43. The number of benzene rings is 1. The number of aromatic amines is 1. The summed E-state index contributed by atoms with van der Waals surface area (Å²) in [5.41, 5.74) is 2.89. The molecule has 28 heavy (non-hydrogen) atoms. The summed E-state index contributed by atoms with van der Waals surface area (Å²) in [7, 11) is 0. The number of nitrogens with one attached hydrogen (secondary N) is 2. The molecular weight excluding hydrogens is 418 g/mol. The molecule has 0 saturated heterocycles. The molecule has 7 heteroatoms. The van der Waals surface area contributed by atoms with Gasteiger partial charge in [0.1, 0.15) is 17.8 Å². The van der Waals surface area contributed by atoms with Gasteiger partial charge in [0.25, 0.3) is 5.56 Å². The number of anilines is 1. The zero-order valence-corrected chi connectivity index (χ0v) is 17.2. The smallest absolute Gasteiger partial charge is 0.259 e. The Bertz CT molecular complexity index is 1270. The Balaban J connectivity index is 1.65. The van der Waals surface area contributed by atoms with E-state index in [0.717, 1.165) is 56.2 Å². The van der Waals surface area contributed by atoms with Crippen LogP contribution in [0.15, 0.2) is 46.1 Å². The third kappa shape index (κ3) is 2.73. The van der Waals surface area contributed by atoms with Crippen molar-refractivity contribution in [2.75, 3.05) is 5.32 Å². The molecule has 1 aromatic carbocycles. The van der Waals surface area contributed by atoms with Gasteiger partial charge >= 0.3 is 0 Å². The number of pyridine rings is 1. The zero-order valence-electron chi connectivity index (χ0n) is 15.7. The van der Waals surface area contributed by atoms with E-state index in [4.69, 9.17) is 0 Å². The van der Waals surface area contributed by atoms with Crippen LogP contribution in [-0.4, -0.2) is 19.5 Å². The molecule has 4 aromatic rings. The largest absolute Gasteiger partial charge is 0.361 e. The molecule has 0 bridgehead atoms. The van der Waals surface area contributed by atoms with Gasteiger partial charge < -0.3 is 14.9 Å². The van der Waals surface area contributed by atoms with E-state index < -0.39 is 0 Å². The van der Waals surface area contributed by atoms with Crippen molar-refractivity contribution in [1.82, 2.24) is 19.5 Å². The van der Waals surface area contributed by atoms with Crippen LogP contribution in [0.3, 0.4) is 0 Å². The average molecular weight is 438 g/mol. The number of halogens is 1. The van der Waals surface area contributed by atoms with E-state index in [-0.39, 0.29) is 11.6 Å². The summed E-state index contributed by atoms with van der Waals surface area (Å²) in [6, 6.07) is 8.38. The van der Waals surface area contributed by atoms with Crippen molar-refractivity contribution < 1.29 is 0 Å². The van der Waals surface area contributed by atoms with Crippen LogP contribution in [0.5, 0.6) is 0 Å². The lowest BCUT2D eigenvalue weighted by atomic mass is 10.0. The minimum atomic E-state index is -0.0851. The first kappa shape index (κ1) is 17.4. The van der Waals surface area contributed by atoms with E-state index >= 15 is 0 Å². The van der Waals surface area contributed by atoms with Crippen molar-refractivity contribution in [3.63, 3.8) is 0 Å². The molecular formula is C21H20BrN5O. The van der Waals surface area contributed by atoms with E-state index in [9.17, 15) is 4.79 Å². The van der Waals surface area contributed by atoms with Gasteiger partial charge in [-0.3, -0.25) is 4.79 Å². The highest BCUT2D eigenvalue weighted by Crippen LogP contribution is 2.38. The second-order valence-corrected chi connectivity index (χ2v) is 8.32. The van der Waals surface area contributed by atoms with Crippen LogP contribution in [0.4, 0.5) is 5.82 Å². The molecule has 3 heterocycles. The summed E-state index contributed by atoms with van der Waals surface area (Å²) in [6.07, 6.45) is 5.50. The third-order valence-electron chi connectivity index (χ3n) is 5.45. The number of aryl methyl sites for hydroxylation is 1. The van der Waals surface area contributed by atoms with Crippen LogP contribution in [0, 0.1) is 6.92 Å². The molecule has 5 rings (SSSR count). The molecule has 1 saturated carbocycles. The first-order valence-corrected chi connectivity index (χ1v) is 10.2. The molecule has 3 aromatic heterocycles. The Labute approximate surface area is 170 Å². The average Bonchev–Trinajstić information content (AvgIpc) is 3.44. The molecule has 0 spiro atoms. The zero-order chi connectivity index (χ0) is 19.4. The lowest BCUT2D eigenvalue weighted by molar-refractivity contribution is 0.636. The van der Waals surface area contributed by atoms with Crippen molar-refractivity contribution in [3.05, 3.63) is 62.9 Å². The van der Waals surface area contributed by atoms with Gasteiger partial charge in [-0.25, -0.2) is 9.97 Å². The fourth-order valence-electron chi connectivity index (χ4n) is 3.93. The predicted molar refractivity (Wildman–Crippen MR) is 115 cm³/mol. The molecule has 1 unspecified atom stereocenters.